The van der Waals surface area contributed by atoms with Crippen LogP contribution in [0.1, 0.15) is 58.8 Å². The topological polar surface area (TPSA) is 134 Å². The number of Topliss-reactive ketones (excluding diaryl/α,β-unsaturated/α-hetero) is 1. The van der Waals surface area contributed by atoms with Crippen molar-refractivity contribution in [3.05, 3.63) is 0 Å². The molecule has 0 spiro atoms. The van der Waals surface area contributed by atoms with Crippen LogP contribution in [0.3, 0.4) is 0 Å². The van der Waals surface area contributed by atoms with Crippen molar-refractivity contribution >= 4 is 29.4 Å². The van der Waals surface area contributed by atoms with E-state index in [0.29, 0.717) is 33.1 Å². The third-order valence-corrected chi connectivity index (χ3v) is 7.72. The zero-order valence-electron chi connectivity index (χ0n) is 21.9. The van der Waals surface area contributed by atoms with Gasteiger partial charge < -0.3 is 20.9 Å². The number of ketones is 1. The largest absolute Gasteiger partial charge is 0.522 e. The Hall–Kier alpha value is -2.91. The molecule has 40 heavy (non-hydrogen) atoms. The number of halogens is 6. The van der Waals surface area contributed by atoms with Crippen LogP contribution in [-0.2, 0) is 28.7 Å². The minimum atomic E-state index is -5.13. The Morgan fingerprint density at radius 1 is 1.05 bits per heavy atom. The van der Waals surface area contributed by atoms with E-state index in [4.69, 9.17) is 0 Å². The Morgan fingerprint density at radius 2 is 1.70 bits per heavy atom. The van der Waals surface area contributed by atoms with E-state index in [1.807, 2.05) is 0 Å². The van der Waals surface area contributed by atoms with E-state index < -0.39 is 78.1 Å². The molecule has 1 aliphatic carbocycles. The quantitative estimate of drug-likeness (QED) is 0.293. The first-order valence-electron chi connectivity index (χ1n) is 12.9. The van der Waals surface area contributed by atoms with Crippen LogP contribution in [-0.4, -0.2) is 83.7 Å². The van der Waals surface area contributed by atoms with Crippen molar-refractivity contribution in [1.29, 1.82) is 0 Å². The molecule has 3 fully saturated rings. The molecule has 5 atom stereocenters. The van der Waals surface area contributed by atoms with Crippen LogP contribution in [0.15, 0.2) is 0 Å². The van der Waals surface area contributed by atoms with Crippen molar-refractivity contribution in [1.82, 2.24) is 20.9 Å². The van der Waals surface area contributed by atoms with Crippen molar-refractivity contribution in [2.24, 2.45) is 11.8 Å². The van der Waals surface area contributed by atoms with Gasteiger partial charge in [-0.3, -0.25) is 28.7 Å². The smallest absolute Gasteiger partial charge is 0.356 e. The number of alkyl halides is 6. The Morgan fingerprint density at radius 3 is 2.27 bits per heavy atom. The van der Waals surface area contributed by atoms with Crippen molar-refractivity contribution in [2.45, 2.75) is 95.0 Å². The molecule has 0 radical (unpaired) electrons. The highest BCUT2D eigenvalue weighted by molar-refractivity contribution is 6.35. The van der Waals surface area contributed by atoms with Gasteiger partial charge in [-0.1, -0.05) is 12.8 Å². The highest BCUT2D eigenvalue weighted by Gasteiger charge is 2.53. The predicted octanol–water partition coefficient (Wildman–Crippen LogP) is 1.72. The summed E-state index contributed by atoms with van der Waals surface area (Å²) in [5, 5.41) is 6.51. The number of amides is 4. The summed E-state index contributed by atoms with van der Waals surface area (Å²) >= 11 is 0. The minimum Gasteiger partial charge on any atom is -0.356 e. The van der Waals surface area contributed by atoms with Gasteiger partial charge in [0.1, 0.15) is 18.2 Å². The van der Waals surface area contributed by atoms with Gasteiger partial charge in [-0.2, -0.15) is 13.2 Å². The van der Waals surface area contributed by atoms with E-state index >= 15 is 0 Å². The fourth-order valence-electron chi connectivity index (χ4n) is 5.46. The maximum absolute atomic E-state index is 13.4. The molecule has 10 nitrogen and oxygen atoms in total. The molecule has 2 unspecified atom stereocenters. The summed E-state index contributed by atoms with van der Waals surface area (Å²) in [4.78, 5) is 64.8. The van der Waals surface area contributed by atoms with Crippen molar-refractivity contribution in [3.8, 4) is 0 Å². The van der Waals surface area contributed by atoms with Gasteiger partial charge in [0.15, 0.2) is 5.78 Å². The molecule has 0 aromatic carbocycles. The molecule has 0 aromatic heterocycles. The molecule has 2 aliphatic heterocycles. The van der Waals surface area contributed by atoms with E-state index in [0.717, 1.165) is 11.3 Å². The average molecular weight is 587 g/mol. The molecular weight excluding hydrogens is 554 g/mol. The average Bonchev–Trinajstić information content (AvgIpc) is 3.43. The fourth-order valence-corrected chi connectivity index (χ4v) is 5.46. The molecule has 3 aliphatic rings. The third kappa shape index (κ3) is 7.43. The first kappa shape index (κ1) is 31.6. The van der Waals surface area contributed by atoms with Gasteiger partial charge in [-0.25, -0.2) is 0 Å². The summed E-state index contributed by atoms with van der Waals surface area (Å²) in [6.45, 7) is 0.188. The lowest BCUT2D eigenvalue weighted by Gasteiger charge is -2.35. The lowest BCUT2D eigenvalue weighted by Crippen LogP contribution is -2.60. The van der Waals surface area contributed by atoms with Gasteiger partial charge in [0, 0.05) is 18.5 Å². The minimum absolute atomic E-state index is 0.0437. The Labute approximate surface area is 225 Å². The molecule has 1 saturated carbocycles. The molecule has 226 valence electrons. The van der Waals surface area contributed by atoms with E-state index in [1.165, 1.54) is 0 Å². The number of nitrogens with one attached hydrogen (secondary N) is 3. The zero-order chi connectivity index (χ0) is 30.0. The summed E-state index contributed by atoms with van der Waals surface area (Å²) < 4.78 is 81.2. The molecular formula is C24H32F6N4O6. The number of carbonyl (C=O) groups is 5. The van der Waals surface area contributed by atoms with Crippen molar-refractivity contribution in [2.75, 3.05) is 13.2 Å². The number of fused-ring (bicyclic) bond motifs is 1. The summed E-state index contributed by atoms with van der Waals surface area (Å²) in [7, 11) is 0. The summed E-state index contributed by atoms with van der Waals surface area (Å²) in [5.74, 6) is -6.53. The number of nitrogens with zero attached hydrogens (tertiary/aromatic N) is 1. The highest BCUT2D eigenvalue weighted by atomic mass is 19.4. The highest BCUT2D eigenvalue weighted by Crippen LogP contribution is 2.40. The summed E-state index contributed by atoms with van der Waals surface area (Å²) in [6.07, 6.45) is -7.65. The second kappa shape index (κ2) is 11.9. The lowest BCUT2D eigenvalue weighted by atomic mass is 9.84. The Bertz CT molecular complexity index is 1020. The molecule has 16 heteroatoms. The second-order valence-corrected chi connectivity index (χ2v) is 10.9. The van der Waals surface area contributed by atoms with Crippen LogP contribution in [0.4, 0.5) is 26.3 Å². The van der Waals surface area contributed by atoms with E-state index in [1.54, 1.807) is 5.32 Å². The molecule has 3 rings (SSSR count). The fraction of sp³-hybridized carbons (Fsp3) is 0.792. The standard InChI is InChI=1S/C24H32F6N4O6/c1-22(2,23(25,26)27)33-20(38)21(39)34-15-6-4-3-5-12(15)10-16(34)19(37)32-14(9-13-7-8-31-18(13)36)17(35)11-40-24(28,29)30/h12-16H,3-11H2,1-2H3,(H,31,36)(H,32,37)(H,33,38)/t12-,13?,14?,15-,16-/m0/s1. The zero-order valence-corrected chi connectivity index (χ0v) is 21.9. The third-order valence-electron chi connectivity index (χ3n) is 7.72. The van der Waals surface area contributed by atoms with Crippen LogP contribution < -0.4 is 16.0 Å². The first-order valence-corrected chi connectivity index (χ1v) is 12.9. The van der Waals surface area contributed by atoms with Gasteiger partial charge in [-0.05, 0) is 51.9 Å². The number of hydrogen-bond donors (Lipinski definition) is 3. The predicted molar refractivity (Wildman–Crippen MR) is 124 cm³/mol. The number of hydrogen-bond acceptors (Lipinski definition) is 6. The lowest BCUT2D eigenvalue weighted by molar-refractivity contribution is -0.321. The van der Waals surface area contributed by atoms with Crippen LogP contribution in [0, 0.1) is 11.8 Å². The molecule has 0 bridgehead atoms. The van der Waals surface area contributed by atoms with Gasteiger partial charge in [-0.15, -0.1) is 13.2 Å². The van der Waals surface area contributed by atoms with Gasteiger partial charge in [0.05, 0.1) is 6.04 Å². The maximum Gasteiger partial charge on any atom is 0.522 e. The van der Waals surface area contributed by atoms with Crippen LogP contribution in [0.2, 0.25) is 0 Å². The van der Waals surface area contributed by atoms with E-state index in [2.05, 4.69) is 15.4 Å². The first-order chi connectivity index (χ1) is 18.4. The molecule has 3 N–H and O–H groups in total. The van der Waals surface area contributed by atoms with Crippen LogP contribution in [0.25, 0.3) is 0 Å². The number of rotatable bonds is 8. The molecule has 4 amide bonds. The summed E-state index contributed by atoms with van der Waals surface area (Å²) in [6, 6.07) is -3.57. The number of ether oxygens (including phenoxy) is 1. The van der Waals surface area contributed by atoms with Gasteiger partial charge in [0.25, 0.3) is 0 Å². The molecule has 2 heterocycles. The van der Waals surface area contributed by atoms with Crippen molar-refractivity contribution in [3.63, 3.8) is 0 Å². The molecule has 0 aromatic rings. The normalized spacial score (nSPS) is 26.1. The van der Waals surface area contributed by atoms with Crippen LogP contribution >= 0.6 is 0 Å². The van der Waals surface area contributed by atoms with Crippen molar-refractivity contribution < 1.29 is 55.1 Å². The van der Waals surface area contributed by atoms with E-state index in [9.17, 15) is 50.3 Å². The van der Waals surface area contributed by atoms with Gasteiger partial charge >= 0.3 is 24.4 Å². The molecule has 2 saturated heterocycles. The Balaban J connectivity index is 1.82. The number of carbonyl (C=O) groups excluding carboxylic acids is 5. The second-order valence-electron chi connectivity index (χ2n) is 10.9. The van der Waals surface area contributed by atoms with E-state index in [-0.39, 0.29) is 31.7 Å². The maximum atomic E-state index is 13.4. The SMILES string of the molecule is CC(C)(NC(=O)C(=O)N1[C@H](C(=O)NC(CC2CCNC2=O)C(=O)COC(F)(F)F)C[C@@H]2CCCC[C@@H]21)C(F)(F)F. The number of likely N-dealkylation sites (tertiary alicyclic amines) is 1. The van der Waals surface area contributed by atoms with Gasteiger partial charge in [0.2, 0.25) is 11.8 Å². The Kier molecular flexibility index (Phi) is 9.41. The monoisotopic (exact) mass is 586 g/mol. The van der Waals surface area contributed by atoms with Crippen LogP contribution in [0.5, 0.6) is 0 Å². The summed E-state index contributed by atoms with van der Waals surface area (Å²) in [5.41, 5.74) is -2.75.